The van der Waals surface area contributed by atoms with E-state index in [0.717, 1.165) is 43.2 Å². The largest absolute Gasteiger partial charge is 0.497 e. The lowest BCUT2D eigenvalue weighted by molar-refractivity contribution is -0.126. The van der Waals surface area contributed by atoms with Crippen LogP contribution in [-0.4, -0.2) is 50.7 Å². The van der Waals surface area contributed by atoms with Crippen LogP contribution < -0.4 is 14.8 Å². The zero-order valence-electron chi connectivity index (χ0n) is 13.8. The second kappa shape index (κ2) is 7.68. The molecule has 1 aromatic carbocycles. The minimum atomic E-state index is -0.115. The number of fused-ring (bicyclic) bond motifs is 1. The lowest BCUT2D eigenvalue weighted by Gasteiger charge is -2.27. The average molecular weight is 318 g/mol. The Morgan fingerprint density at radius 1 is 1.35 bits per heavy atom. The number of ether oxygens (including phenoxy) is 2. The summed E-state index contributed by atoms with van der Waals surface area (Å²) in [6, 6.07) is 5.76. The number of likely N-dealkylation sites (tertiary alicyclic amines) is 1. The fourth-order valence-electron chi connectivity index (χ4n) is 3.33. The van der Waals surface area contributed by atoms with Gasteiger partial charge in [-0.2, -0.15) is 0 Å². The van der Waals surface area contributed by atoms with Crippen LogP contribution >= 0.6 is 0 Å². The van der Waals surface area contributed by atoms with E-state index in [9.17, 15) is 4.79 Å². The Morgan fingerprint density at radius 2 is 2.17 bits per heavy atom. The van der Waals surface area contributed by atoms with Crippen molar-refractivity contribution in [3.05, 3.63) is 23.8 Å². The number of hydrogen-bond donors (Lipinski definition) is 1. The molecule has 0 aromatic heterocycles. The third kappa shape index (κ3) is 4.16. The summed E-state index contributed by atoms with van der Waals surface area (Å²) in [5, 5.41) is 3.07. The second-order valence-corrected chi connectivity index (χ2v) is 6.38. The van der Waals surface area contributed by atoms with Crippen molar-refractivity contribution >= 4 is 5.91 Å². The number of carbonyl (C=O) groups is 1. The minimum Gasteiger partial charge on any atom is -0.497 e. The highest BCUT2D eigenvalue weighted by atomic mass is 16.5. The molecule has 1 N–H and O–H groups in total. The highest BCUT2D eigenvalue weighted by Crippen LogP contribution is 2.30. The van der Waals surface area contributed by atoms with Gasteiger partial charge in [-0.05, 0) is 56.1 Å². The molecule has 0 unspecified atom stereocenters. The minimum absolute atomic E-state index is 0.0930. The molecule has 0 spiro atoms. The van der Waals surface area contributed by atoms with E-state index in [0.29, 0.717) is 13.0 Å². The molecule has 1 atom stereocenters. The summed E-state index contributed by atoms with van der Waals surface area (Å²) < 4.78 is 11.0. The summed E-state index contributed by atoms with van der Waals surface area (Å²) in [6.45, 7) is 4.45. The van der Waals surface area contributed by atoms with E-state index in [-0.39, 0.29) is 11.8 Å². The van der Waals surface area contributed by atoms with Gasteiger partial charge in [-0.25, -0.2) is 0 Å². The standard InChI is InChI=1S/C18H26N2O3/c1-22-16-5-6-17-14(12-16)11-15(13-23-17)18(21)19-7-10-20-8-3-2-4-9-20/h5-6,12,15H,2-4,7-11,13H2,1H3,(H,19,21)/t15-/m0/s1. The molecule has 2 heterocycles. The molecule has 0 radical (unpaired) electrons. The number of amides is 1. The monoisotopic (exact) mass is 318 g/mol. The molecule has 2 aliphatic rings. The number of rotatable bonds is 5. The smallest absolute Gasteiger partial charge is 0.226 e. The van der Waals surface area contributed by atoms with Crippen molar-refractivity contribution in [1.82, 2.24) is 10.2 Å². The van der Waals surface area contributed by atoms with Crippen LogP contribution in [0.15, 0.2) is 18.2 Å². The molecule has 5 heteroatoms. The summed E-state index contributed by atoms with van der Waals surface area (Å²) in [5.74, 6) is 1.65. The molecule has 3 rings (SSSR count). The van der Waals surface area contributed by atoms with Gasteiger partial charge in [-0.15, -0.1) is 0 Å². The van der Waals surface area contributed by atoms with Gasteiger partial charge in [0.05, 0.1) is 13.0 Å². The molecular formula is C18H26N2O3. The Kier molecular flexibility index (Phi) is 5.39. The van der Waals surface area contributed by atoms with E-state index in [2.05, 4.69) is 10.2 Å². The molecule has 126 valence electrons. The molecule has 5 nitrogen and oxygen atoms in total. The molecule has 0 bridgehead atoms. The molecule has 1 amide bonds. The van der Waals surface area contributed by atoms with Gasteiger partial charge >= 0.3 is 0 Å². The first-order chi connectivity index (χ1) is 11.3. The van der Waals surface area contributed by atoms with Crippen molar-refractivity contribution in [3.63, 3.8) is 0 Å². The van der Waals surface area contributed by atoms with Gasteiger partial charge in [0.15, 0.2) is 0 Å². The second-order valence-electron chi connectivity index (χ2n) is 6.38. The van der Waals surface area contributed by atoms with Crippen LogP contribution in [0.25, 0.3) is 0 Å². The Labute approximate surface area is 137 Å². The SMILES string of the molecule is COc1ccc2c(c1)C[C@H](C(=O)NCCN1CCCCC1)CO2. The number of benzene rings is 1. The van der Waals surface area contributed by atoms with Crippen LogP contribution in [0, 0.1) is 5.92 Å². The van der Waals surface area contributed by atoms with Gasteiger partial charge in [0.2, 0.25) is 5.91 Å². The van der Waals surface area contributed by atoms with Crippen molar-refractivity contribution in [2.75, 3.05) is 39.9 Å². The van der Waals surface area contributed by atoms with Crippen molar-refractivity contribution in [2.45, 2.75) is 25.7 Å². The maximum Gasteiger partial charge on any atom is 0.226 e. The number of carbonyl (C=O) groups excluding carboxylic acids is 1. The summed E-state index contributed by atoms with van der Waals surface area (Å²) >= 11 is 0. The maximum atomic E-state index is 12.4. The third-order valence-electron chi connectivity index (χ3n) is 4.72. The molecular weight excluding hydrogens is 292 g/mol. The van der Waals surface area contributed by atoms with E-state index in [1.807, 2.05) is 18.2 Å². The highest BCUT2D eigenvalue weighted by molar-refractivity contribution is 5.79. The summed E-state index contributed by atoms with van der Waals surface area (Å²) in [6.07, 6.45) is 4.61. The van der Waals surface area contributed by atoms with Crippen LogP contribution in [0.2, 0.25) is 0 Å². The van der Waals surface area contributed by atoms with Gasteiger partial charge in [0.1, 0.15) is 18.1 Å². The number of piperidine rings is 1. The van der Waals surface area contributed by atoms with Gasteiger partial charge in [-0.3, -0.25) is 4.79 Å². The van der Waals surface area contributed by atoms with Crippen LogP contribution in [0.4, 0.5) is 0 Å². The first-order valence-corrected chi connectivity index (χ1v) is 8.56. The number of methoxy groups -OCH3 is 1. The average Bonchev–Trinajstić information content (AvgIpc) is 2.61. The maximum absolute atomic E-state index is 12.4. The summed E-state index contributed by atoms with van der Waals surface area (Å²) in [5.41, 5.74) is 1.05. The van der Waals surface area contributed by atoms with Gasteiger partial charge < -0.3 is 19.7 Å². The van der Waals surface area contributed by atoms with Gasteiger partial charge in [-0.1, -0.05) is 6.42 Å². The van der Waals surface area contributed by atoms with E-state index < -0.39 is 0 Å². The zero-order valence-corrected chi connectivity index (χ0v) is 13.8. The summed E-state index contributed by atoms with van der Waals surface area (Å²) in [7, 11) is 1.65. The van der Waals surface area contributed by atoms with Crippen LogP contribution in [0.1, 0.15) is 24.8 Å². The molecule has 0 saturated carbocycles. The fourth-order valence-corrected chi connectivity index (χ4v) is 3.33. The quantitative estimate of drug-likeness (QED) is 0.900. The van der Waals surface area contributed by atoms with Gasteiger partial charge in [0, 0.05) is 13.1 Å². The first-order valence-electron chi connectivity index (χ1n) is 8.56. The van der Waals surface area contributed by atoms with Crippen LogP contribution in [0.3, 0.4) is 0 Å². The summed E-state index contributed by atoms with van der Waals surface area (Å²) in [4.78, 5) is 14.8. The van der Waals surface area contributed by atoms with E-state index in [4.69, 9.17) is 9.47 Å². The van der Waals surface area contributed by atoms with Crippen molar-refractivity contribution in [3.8, 4) is 11.5 Å². The fraction of sp³-hybridized carbons (Fsp3) is 0.611. The molecule has 1 fully saturated rings. The number of hydrogen-bond acceptors (Lipinski definition) is 4. The third-order valence-corrected chi connectivity index (χ3v) is 4.72. The van der Waals surface area contributed by atoms with Crippen LogP contribution in [0.5, 0.6) is 11.5 Å². The van der Waals surface area contributed by atoms with Gasteiger partial charge in [0.25, 0.3) is 0 Å². The molecule has 23 heavy (non-hydrogen) atoms. The lowest BCUT2D eigenvalue weighted by atomic mass is 9.96. The highest BCUT2D eigenvalue weighted by Gasteiger charge is 2.26. The zero-order chi connectivity index (χ0) is 16.1. The van der Waals surface area contributed by atoms with Crippen molar-refractivity contribution in [1.29, 1.82) is 0 Å². The molecule has 2 aliphatic heterocycles. The number of nitrogens with zero attached hydrogens (tertiary/aromatic N) is 1. The van der Waals surface area contributed by atoms with Crippen molar-refractivity contribution < 1.29 is 14.3 Å². The van der Waals surface area contributed by atoms with Crippen molar-refractivity contribution in [2.24, 2.45) is 5.92 Å². The topological polar surface area (TPSA) is 50.8 Å². The van der Waals surface area contributed by atoms with Crippen LogP contribution in [-0.2, 0) is 11.2 Å². The first kappa shape index (κ1) is 16.1. The van der Waals surface area contributed by atoms with E-state index in [1.54, 1.807) is 7.11 Å². The Bertz CT molecular complexity index is 541. The Hall–Kier alpha value is -1.75. The van der Waals surface area contributed by atoms with E-state index >= 15 is 0 Å². The Balaban J connectivity index is 1.48. The Morgan fingerprint density at radius 3 is 2.96 bits per heavy atom. The number of nitrogens with one attached hydrogen (secondary N) is 1. The normalized spacial score (nSPS) is 21.2. The molecule has 1 aromatic rings. The predicted octanol–water partition coefficient (Wildman–Crippen LogP) is 1.85. The molecule has 0 aliphatic carbocycles. The van der Waals surface area contributed by atoms with E-state index in [1.165, 1.54) is 19.3 Å². The lowest BCUT2D eigenvalue weighted by Crippen LogP contribution is -2.42. The molecule has 1 saturated heterocycles. The predicted molar refractivity (Wildman–Crippen MR) is 89.0 cm³/mol.